The van der Waals surface area contributed by atoms with Crippen LogP contribution in [0.1, 0.15) is 91.4 Å². The summed E-state index contributed by atoms with van der Waals surface area (Å²) in [5, 5.41) is 34.6. The zero-order valence-corrected chi connectivity index (χ0v) is 29.3. The van der Waals surface area contributed by atoms with Crippen LogP contribution >= 0.6 is 11.8 Å². The molecule has 6 fully saturated rings. The Kier molecular flexibility index (Phi) is 7.99. The third-order valence-electron chi connectivity index (χ3n) is 14.3. The van der Waals surface area contributed by atoms with E-state index < -0.39 is 50.9 Å². The molecule has 4 saturated carbocycles. The molecule has 0 amide bonds. The molecule has 14 atom stereocenters. The van der Waals surface area contributed by atoms with E-state index in [1.807, 2.05) is 19.2 Å². The number of fused-ring (bicyclic) bond motifs is 8. The first-order valence-electron chi connectivity index (χ1n) is 18.1. The van der Waals surface area contributed by atoms with Crippen LogP contribution in [0.2, 0.25) is 0 Å². The van der Waals surface area contributed by atoms with Crippen LogP contribution in [0.25, 0.3) is 0 Å². The monoisotopic (exact) mass is 703 g/mol. The Hall–Kier alpha value is -2.03. The summed E-state index contributed by atoms with van der Waals surface area (Å²) in [6.45, 7) is 5.94. The van der Waals surface area contributed by atoms with Crippen LogP contribution in [0.5, 0.6) is 0 Å². The molecule has 8 rings (SSSR count). The van der Waals surface area contributed by atoms with Crippen molar-refractivity contribution in [3.8, 4) is 0 Å². The van der Waals surface area contributed by atoms with E-state index >= 15 is 0 Å². The van der Waals surface area contributed by atoms with Crippen LogP contribution in [-0.4, -0.2) is 98.3 Å². The number of cyclic esters (lactones) is 1. The number of nitrogens with zero attached hydrogens (tertiary/aromatic N) is 1. The number of aliphatic imine (C=N–C) groups is 1. The van der Waals surface area contributed by atoms with Crippen molar-refractivity contribution in [2.75, 3.05) is 12.4 Å². The largest absolute Gasteiger partial charge is 0.481 e. The highest BCUT2D eigenvalue weighted by Gasteiger charge is 2.75. The number of carbonyl (C=O) groups is 3. The van der Waals surface area contributed by atoms with Crippen molar-refractivity contribution in [1.29, 1.82) is 0 Å². The molecule has 4 aliphatic heterocycles. The number of aliphatic carboxylic acids is 1. The molecule has 0 aromatic heterocycles. The van der Waals surface area contributed by atoms with E-state index in [9.17, 15) is 29.7 Å². The van der Waals surface area contributed by atoms with Gasteiger partial charge in [-0.05, 0) is 89.0 Å². The van der Waals surface area contributed by atoms with E-state index in [1.54, 1.807) is 6.92 Å². The lowest BCUT2D eigenvalue weighted by Gasteiger charge is -2.67. The third-order valence-corrected chi connectivity index (χ3v) is 15.6. The van der Waals surface area contributed by atoms with E-state index in [1.165, 1.54) is 17.8 Å². The van der Waals surface area contributed by atoms with Crippen molar-refractivity contribution in [2.45, 2.75) is 138 Å². The number of aliphatic hydroxyl groups is 2. The van der Waals surface area contributed by atoms with Crippen molar-refractivity contribution in [3.63, 3.8) is 0 Å². The van der Waals surface area contributed by atoms with Gasteiger partial charge in [0.25, 0.3) is 5.79 Å². The molecule has 0 radical (unpaired) electrons. The van der Waals surface area contributed by atoms with Gasteiger partial charge < -0.3 is 39.0 Å². The van der Waals surface area contributed by atoms with Gasteiger partial charge in [0.05, 0.1) is 43.4 Å². The number of carboxylic acids is 1. The number of carbonyl (C=O) groups excluding carboxylic acids is 2. The molecule has 2 saturated heterocycles. The quantitative estimate of drug-likeness (QED) is 0.271. The number of ether oxygens (including phenoxy) is 5. The Labute approximate surface area is 290 Å². The minimum absolute atomic E-state index is 0.00393. The third kappa shape index (κ3) is 4.81. The van der Waals surface area contributed by atoms with Crippen LogP contribution in [-0.2, 0) is 38.1 Å². The Bertz CT molecular complexity index is 1470. The molecule has 14 unspecified atom stereocenters. The molecule has 12 nitrogen and oxygen atoms in total. The fourth-order valence-electron chi connectivity index (χ4n) is 12.1. The summed E-state index contributed by atoms with van der Waals surface area (Å²) in [5.41, 5.74) is -2.09. The Balaban J connectivity index is 1.13. The zero-order valence-electron chi connectivity index (χ0n) is 28.5. The van der Waals surface area contributed by atoms with E-state index in [-0.39, 0.29) is 67.4 Å². The number of carboxylic acid groups (broad SMARTS) is 1. The van der Waals surface area contributed by atoms with E-state index in [2.05, 4.69) is 6.92 Å². The fourth-order valence-corrected chi connectivity index (χ4v) is 13.4. The van der Waals surface area contributed by atoms with E-state index in [4.69, 9.17) is 28.7 Å². The van der Waals surface area contributed by atoms with Gasteiger partial charge in [-0.15, -0.1) is 11.8 Å². The molecule has 1 spiro atoms. The highest BCUT2D eigenvalue weighted by molar-refractivity contribution is 8.01. The van der Waals surface area contributed by atoms with Gasteiger partial charge in [-0.2, -0.15) is 0 Å². The average molecular weight is 704 g/mol. The number of rotatable bonds is 6. The lowest BCUT2D eigenvalue weighted by molar-refractivity contribution is -0.490. The summed E-state index contributed by atoms with van der Waals surface area (Å²) in [7, 11) is 0. The maximum Gasteiger partial charge on any atom is 0.331 e. The van der Waals surface area contributed by atoms with Gasteiger partial charge in [-0.3, -0.25) is 14.6 Å². The molecule has 0 bridgehead atoms. The molecule has 49 heavy (non-hydrogen) atoms. The van der Waals surface area contributed by atoms with Crippen LogP contribution in [0.15, 0.2) is 17.1 Å². The van der Waals surface area contributed by atoms with Gasteiger partial charge in [0, 0.05) is 41.2 Å². The second-order valence-electron chi connectivity index (χ2n) is 16.4. The predicted molar refractivity (Wildman–Crippen MR) is 175 cm³/mol. The minimum atomic E-state index is -1.88. The SMILES string of the molecule is CC1CC2(N=CCS2)C2(O)OC3CC4(COC(=O)CCC(=O)O)C(CCC5C4CCC4(C)C(C6C=CC(=O)O6)CCC54O)CC3OC2(C)O1. The second-order valence-corrected chi connectivity index (χ2v) is 17.7. The van der Waals surface area contributed by atoms with Crippen LogP contribution < -0.4 is 0 Å². The molecule has 13 heteroatoms. The summed E-state index contributed by atoms with van der Waals surface area (Å²) >= 11 is 1.53. The van der Waals surface area contributed by atoms with Crippen molar-refractivity contribution in [2.24, 2.45) is 39.5 Å². The van der Waals surface area contributed by atoms with Gasteiger partial charge in [0.1, 0.15) is 6.10 Å². The molecule has 0 aromatic carbocycles. The first-order chi connectivity index (χ1) is 23.2. The maximum absolute atomic E-state index is 13.0. The van der Waals surface area contributed by atoms with Gasteiger partial charge in [-0.1, -0.05) is 6.92 Å². The van der Waals surface area contributed by atoms with E-state index in [0.717, 1.165) is 25.7 Å². The van der Waals surface area contributed by atoms with Gasteiger partial charge in [0.2, 0.25) is 5.79 Å². The number of hydrogen-bond acceptors (Lipinski definition) is 12. The molecule has 270 valence electrons. The van der Waals surface area contributed by atoms with Crippen LogP contribution in [0.3, 0.4) is 0 Å². The summed E-state index contributed by atoms with van der Waals surface area (Å²) in [6.07, 6.45) is 8.99. The first-order valence-corrected chi connectivity index (χ1v) is 19.1. The summed E-state index contributed by atoms with van der Waals surface area (Å²) in [6, 6.07) is 0. The average Bonchev–Trinajstić information content (AvgIpc) is 3.76. The molecular formula is C36H49NO11S. The van der Waals surface area contributed by atoms with Crippen LogP contribution in [0.4, 0.5) is 0 Å². The standard InChI is InChI=1S/C36H49NO11S/c1-20-17-35(37-14-15-49-35)36(43)32(3,46-20)47-26-16-21-4-5-23-22(33(21,18-27(26)48-36)19-44-29(40)9-7-28(38)39)10-12-31(2)24(11-13-34(23,31)42)25-6-8-30(41)45-25/h6,8,14,20-27,42-43H,4-5,7,9-13,15-19H2,1-3H3,(H,38,39). The van der Waals surface area contributed by atoms with Gasteiger partial charge >= 0.3 is 17.9 Å². The Morgan fingerprint density at radius 1 is 1.00 bits per heavy atom. The molecule has 3 N–H and O–H groups in total. The number of esters is 2. The normalized spacial score (nSPS) is 52.5. The van der Waals surface area contributed by atoms with Gasteiger partial charge in [0.15, 0.2) is 4.87 Å². The number of thioether (sulfide) groups is 1. The smallest absolute Gasteiger partial charge is 0.331 e. The second kappa shape index (κ2) is 11.5. The lowest BCUT2D eigenvalue weighted by atomic mass is 9.42. The summed E-state index contributed by atoms with van der Waals surface area (Å²) in [5.74, 6) is -4.71. The van der Waals surface area contributed by atoms with Crippen molar-refractivity contribution >= 4 is 35.9 Å². The van der Waals surface area contributed by atoms with E-state index in [0.29, 0.717) is 37.9 Å². The van der Waals surface area contributed by atoms with Crippen LogP contribution in [0, 0.1) is 34.5 Å². The summed E-state index contributed by atoms with van der Waals surface area (Å²) < 4.78 is 31.7. The maximum atomic E-state index is 13.0. The Morgan fingerprint density at radius 2 is 1.80 bits per heavy atom. The molecule has 4 heterocycles. The molecule has 0 aromatic rings. The van der Waals surface area contributed by atoms with Crippen molar-refractivity contribution in [1.82, 2.24) is 0 Å². The molecule has 4 aliphatic carbocycles. The predicted octanol–water partition coefficient (Wildman–Crippen LogP) is 3.75. The highest BCUT2D eigenvalue weighted by Crippen LogP contribution is 2.71. The van der Waals surface area contributed by atoms with Gasteiger partial charge in [-0.25, -0.2) is 4.79 Å². The van der Waals surface area contributed by atoms with Crippen molar-refractivity contribution in [3.05, 3.63) is 12.2 Å². The fraction of sp³-hybridized carbons (Fsp3) is 0.833. The Morgan fingerprint density at radius 3 is 2.51 bits per heavy atom. The topological polar surface area (TPSA) is 170 Å². The number of hydrogen-bond donors (Lipinski definition) is 3. The first kappa shape index (κ1) is 34.1. The highest BCUT2D eigenvalue weighted by atomic mass is 32.2. The van der Waals surface area contributed by atoms with Crippen molar-refractivity contribution < 1.29 is 53.4 Å². The molecule has 8 aliphatic rings. The summed E-state index contributed by atoms with van der Waals surface area (Å²) in [4.78, 5) is 40.1. The molecular weight excluding hydrogens is 654 g/mol. The minimum Gasteiger partial charge on any atom is -0.481 e. The lowest BCUT2D eigenvalue weighted by Crippen LogP contribution is -2.78. The zero-order chi connectivity index (χ0) is 34.6.